The minimum atomic E-state index is 0.165. The van der Waals surface area contributed by atoms with Gasteiger partial charge in [-0.25, -0.2) is 0 Å². The molecule has 0 bridgehead atoms. The van der Waals surface area contributed by atoms with Crippen LogP contribution < -0.4 is 5.32 Å². The van der Waals surface area contributed by atoms with Gasteiger partial charge in [-0.3, -0.25) is 4.79 Å². The molecular weight excluding hydrogens is 200 g/mol. The molecule has 2 aromatic rings. The van der Waals surface area contributed by atoms with E-state index in [0.29, 0.717) is 12.3 Å². The van der Waals surface area contributed by atoms with E-state index in [1.165, 1.54) is 16.5 Å². The van der Waals surface area contributed by atoms with Crippen LogP contribution in [0.25, 0.3) is 10.9 Å². The summed E-state index contributed by atoms with van der Waals surface area (Å²) >= 11 is 0. The first-order chi connectivity index (χ1) is 7.74. The fourth-order valence-electron chi connectivity index (χ4n) is 2.39. The third kappa shape index (κ3) is 1.40. The maximum absolute atomic E-state index is 11.2. The zero-order valence-electron chi connectivity index (χ0n) is 9.23. The quantitative estimate of drug-likeness (QED) is 0.771. The third-order valence-corrected chi connectivity index (χ3v) is 3.36. The Kier molecular flexibility index (Phi) is 1.99. The molecule has 3 heteroatoms. The molecule has 2 heterocycles. The Morgan fingerprint density at radius 1 is 1.38 bits per heavy atom. The van der Waals surface area contributed by atoms with Gasteiger partial charge in [-0.2, -0.15) is 0 Å². The second-order valence-corrected chi connectivity index (χ2v) is 4.45. The van der Waals surface area contributed by atoms with Crippen LogP contribution in [0, 0.1) is 0 Å². The summed E-state index contributed by atoms with van der Waals surface area (Å²) in [6, 6.07) is 8.57. The number of nitrogens with zero attached hydrogens (tertiary/aromatic N) is 1. The Hall–Kier alpha value is -1.77. The van der Waals surface area contributed by atoms with Crippen LogP contribution in [0.4, 0.5) is 0 Å². The highest BCUT2D eigenvalue weighted by molar-refractivity contribution is 5.82. The molecular formula is C13H14N2O. The molecule has 1 aliphatic heterocycles. The van der Waals surface area contributed by atoms with E-state index >= 15 is 0 Å². The maximum Gasteiger partial charge on any atom is 0.220 e. The monoisotopic (exact) mass is 214 g/mol. The van der Waals surface area contributed by atoms with Gasteiger partial charge in [-0.15, -0.1) is 0 Å². The van der Waals surface area contributed by atoms with Gasteiger partial charge in [0, 0.05) is 37.6 Å². The van der Waals surface area contributed by atoms with Gasteiger partial charge < -0.3 is 9.88 Å². The van der Waals surface area contributed by atoms with E-state index in [1.807, 2.05) is 7.05 Å². The number of aryl methyl sites for hydroxylation is 1. The van der Waals surface area contributed by atoms with Crippen molar-refractivity contribution in [1.82, 2.24) is 9.88 Å². The van der Waals surface area contributed by atoms with E-state index in [1.54, 1.807) is 0 Å². The summed E-state index contributed by atoms with van der Waals surface area (Å²) in [6.07, 6.45) is 2.69. The van der Waals surface area contributed by atoms with Crippen molar-refractivity contribution in [3.8, 4) is 0 Å². The molecule has 1 saturated heterocycles. The molecule has 1 aromatic carbocycles. The molecule has 1 fully saturated rings. The van der Waals surface area contributed by atoms with Crippen LogP contribution in [0.3, 0.4) is 0 Å². The number of nitrogens with one attached hydrogen (secondary N) is 1. The molecule has 0 saturated carbocycles. The molecule has 3 nitrogen and oxygen atoms in total. The molecule has 1 aliphatic rings. The Bertz CT molecular complexity index is 556. The predicted molar refractivity (Wildman–Crippen MR) is 63.3 cm³/mol. The minimum Gasteiger partial charge on any atom is -0.355 e. The minimum absolute atomic E-state index is 0.165. The normalized spacial score (nSPS) is 20.3. The third-order valence-electron chi connectivity index (χ3n) is 3.36. The zero-order chi connectivity index (χ0) is 11.1. The van der Waals surface area contributed by atoms with Crippen LogP contribution >= 0.6 is 0 Å². The number of benzene rings is 1. The Balaban J connectivity index is 2.02. The average Bonchev–Trinajstić information content (AvgIpc) is 2.86. The smallest absolute Gasteiger partial charge is 0.220 e. The van der Waals surface area contributed by atoms with E-state index < -0.39 is 0 Å². The molecule has 82 valence electrons. The number of carbonyl (C=O) groups is 1. The highest BCUT2D eigenvalue weighted by atomic mass is 16.1. The molecule has 0 spiro atoms. The van der Waals surface area contributed by atoms with Gasteiger partial charge in [-0.05, 0) is 29.1 Å². The topological polar surface area (TPSA) is 34.0 Å². The van der Waals surface area contributed by atoms with E-state index in [2.05, 4.69) is 40.3 Å². The molecule has 0 radical (unpaired) electrons. The van der Waals surface area contributed by atoms with Gasteiger partial charge >= 0.3 is 0 Å². The Morgan fingerprint density at radius 3 is 3.00 bits per heavy atom. The largest absolute Gasteiger partial charge is 0.355 e. The lowest BCUT2D eigenvalue weighted by Gasteiger charge is -2.07. The van der Waals surface area contributed by atoms with Gasteiger partial charge in [0.1, 0.15) is 0 Å². The number of rotatable bonds is 1. The van der Waals surface area contributed by atoms with E-state index in [-0.39, 0.29) is 5.91 Å². The van der Waals surface area contributed by atoms with Crippen molar-refractivity contribution in [1.29, 1.82) is 0 Å². The molecule has 0 aliphatic carbocycles. The second kappa shape index (κ2) is 3.37. The van der Waals surface area contributed by atoms with Crippen LogP contribution in [0.1, 0.15) is 17.9 Å². The number of carbonyl (C=O) groups excluding carboxylic acids is 1. The maximum atomic E-state index is 11.2. The SMILES string of the molecule is Cn1ccc2cc(C3CNC(=O)C3)ccc21. The van der Waals surface area contributed by atoms with Crippen LogP contribution in [0.2, 0.25) is 0 Å². The van der Waals surface area contributed by atoms with E-state index in [4.69, 9.17) is 0 Å². The summed E-state index contributed by atoms with van der Waals surface area (Å²) in [5, 5.41) is 4.13. The van der Waals surface area contributed by atoms with Crippen molar-refractivity contribution in [3.63, 3.8) is 0 Å². The lowest BCUT2D eigenvalue weighted by molar-refractivity contribution is -0.119. The second-order valence-electron chi connectivity index (χ2n) is 4.45. The fraction of sp³-hybridized carbons (Fsp3) is 0.308. The van der Waals surface area contributed by atoms with Crippen molar-refractivity contribution < 1.29 is 4.79 Å². The van der Waals surface area contributed by atoms with Crippen LogP contribution in [0.5, 0.6) is 0 Å². The lowest BCUT2D eigenvalue weighted by Crippen LogP contribution is -2.13. The average molecular weight is 214 g/mol. The standard InChI is InChI=1S/C13H14N2O/c1-15-5-4-10-6-9(2-3-12(10)15)11-7-13(16)14-8-11/h2-6,11H,7-8H2,1H3,(H,14,16). The summed E-state index contributed by atoms with van der Waals surface area (Å²) in [4.78, 5) is 11.2. The first kappa shape index (κ1) is 9.46. The van der Waals surface area contributed by atoms with Crippen LogP contribution in [0.15, 0.2) is 30.5 Å². The first-order valence-corrected chi connectivity index (χ1v) is 5.56. The summed E-state index contributed by atoms with van der Waals surface area (Å²) in [6.45, 7) is 0.775. The van der Waals surface area contributed by atoms with Gasteiger partial charge in [0.2, 0.25) is 5.91 Å². The van der Waals surface area contributed by atoms with Crippen molar-refractivity contribution >= 4 is 16.8 Å². The van der Waals surface area contributed by atoms with Crippen molar-refractivity contribution in [3.05, 3.63) is 36.0 Å². The van der Waals surface area contributed by atoms with Crippen molar-refractivity contribution in [2.45, 2.75) is 12.3 Å². The Morgan fingerprint density at radius 2 is 2.25 bits per heavy atom. The molecule has 16 heavy (non-hydrogen) atoms. The number of fused-ring (bicyclic) bond motifs is 1. The van der Waals surface area contributed by atoms with Gasteiger partial charge in [-0.1, -0.05) is 6.07 Å². The van der Waals surface area contributed by atoms with Crippen molar-refractivity contribution in [2.24, 2.45) is 7.05 Å². The molecule has 1 atom stereocenters. The van der Waals surface area contributed by atoms with Gasteiger partial charge in [0.15, 0.2) is 0 Å². The molecule has 1 unspecified atom stereocenters. The number of hydrogen-bond donors (Lipinski definition) is 1. The molecule has 1 N–H and O–H groups in total. The molecule has 1 aromatic heterocycles. The van der Waals surface area contributed by atoms with E-state index in [0.717, 1.165) is 6.54 Å². The number of amides is 1. The van der Waals surface area contributed by atoms with Gasteiger partial charge in [0.25, 0.3) is 0 Å². The first-order valence-electron chi connectivity index (χ1n) is 5.56. The highest BCUT2D eigenvalue weighted by Gasteiger charge is 2.22. The lowest BCUT2D eigenvalue weighted by atomic mass is 9.97. The number of hydrogen-bond acceptors (Lipinski definition) is 1. The molecule has 1 amide bonds. The van der Waals surface area contributed by atoms with Crippen LogP contribution in [-0.2, 0) is 11.8 Å². The fourth-order valence-corrected chi connectivity index (χ4v) is 2.39. The summed E-state index contributed by atoms with van der Waals surface area (Å²) in [5.74, 6) is 0.510. The van der Waals surface area contributed by atoms with Crippen molar-refractivity contribution in [2.75, 3.05) is 6.54 Å². The van der Waals surface area contributed by atoms with Crippen LogP contribution in [-0.4, -0.2) is 17.0 Å². The zero-order valence-corrected chi connectivity index (χ0v) is 9.23. The van der Waals surface area contributed by atoms with Gasteiger partial charge in [0.05, 0.1) is 0 Å². The number of aromatic nitrogens is 1. The summed E-state index contributed by atoms with van der Waals surface area (Å²) in [7, 11) is 2.04. The summed E-state index contributed by atoms with van der Waals surface area (Å²) < 4.78 is 2.11. The Labute approximate surface area is 94.1 Å². The summed E-state index contributed by atoms with van der Waals surface area (Å²) in [5.41, 5.74) is 2.50. The van der Waals surface area contributed by atoms with E-state index in [9.17, 15) is 4.79 Å². The highest BCUT2D eigenvalue weighted by Crippen LogP contribution is 2.26. The molecule has 3 rings (SSSR count). The predicted octanol–water partition coefficient (Wildman–Crippen LogP) is 1.78.